The Morgan fingerprint density at radius 1 is 0.490 bits per heavy atom. The summed E-state index contributed by atoms with van der Waals surface area (Å²) in [5.41, 5.74) is 2.17. The molecule has 12 nitrogen and oxygen atoms in total. The maximum Gasteiger partial charge on any atom is 0.343 e. The molecule has 4 rings (SSSR count). The first-order valence-corrected chi connectivity index (χ1v) is 34.7. The van der Waals surface area contributed by atoms with Crippen molar-refractivity contribution in [1.82, 2.24) is 0 Å². The van der Waals surface area contributed by atoms with E-state index in [1.54, 1.807) is 0 Å². The van der Waals surface area contributed by atoms with Gasteiger partial charge in [0.25, 0.3) is 55.7 Å². The summed E-state index contributed by atoms with van der Waals surface area (Å²) in [5, 5.41) is 0. The van der Waals surface area contributed by atoms with Crippen molar-refractivity contribution >= 4 is 72.8 Å². The maximum absolute atomic E-state index is 6.27. The molecule has 2 aliphatic rings. The van der Waals surface area contributed by atoms with Crippen molar-refractivity contribution in [3.63, 3.8) is 0 Å². The molecule has 0 aliphatic carbocycles. The summed E-state index contributed by atoms with van der Waals surface area (Å²) < 4.78 is 72.9. The van der Waals surface area contributed by atoms with Crippen LogP contribution in [0.5, 0.6) is 11.5 Å². The summed E-state index contributed by atoms with van der Waals surface area (Å²) in [7, 11) is -15.5. The lowest BCUT2D eigenvalue weighted by atomic mass is 9.78. The van der Waals surface area contributed by atoms with Crippen molar-refractivity contribution < 1.29 is 51.9 Å². The van der Waals surface area contributed by atoms with Gasteiger partial charge in [-0.1, -0.05) is 38.1 Å². The second-order valence-corrected chi connectivity index (χ2v) is 33.2. The molecule has 0 aromatic heterocycles. The highest BCUT2D eigenvalue weighted by atomic mass is 28.5. The second-order valence-electron chi connectivity index (χ2n) is 13.2. The molecule has 2 aromatic rings. The van der Waals surface area contributed by atoms with E-state index < -0.39 is 72.8 Å². The molecule has 0 amide bonds. The molecular formula is C29H56O12Si8. The van der Waals surface area contributed by atoms with Gasteiger partial charge in [0.15, 0.2) is 0 Å². The molecule has 0 saturated carbocycles. The number of ether oxygens (including phenoxy) is 4. The SMILES string of the molecule is C[SiH]1O[SiH](C)O[Si](C)(COCCOc2ccc(C(C)(C)c3ccc(OCCOC[Si]4(C)O[SiH](C)O[SiH](C)O[SiH](C)O4)cc3)cc2)O[SiH](C)O1. The van der Waals surface area contributed by atoms with Crippen molar-refractivity contribution in [1.29, 1.82) is 0 Å². The smallest absolute Gasteiger partial charge is 0.343 e. The fourth-order valence-corrected chi connectivity index (χ4v) is 33.9. The van der Waals surface area contributed by atoms with Crippen molar-refractivity contribution in [3.05, 3.63) is 59.7 Å². The minimum absolute atomic E-state index is 0.207. The number of hydrogen-bond acceptors (Lipinski definition) is 12. The zero-order valence-electron chi connectivity index (χ0n) is 30.7. The third-order valence-electron chi connectivity index (χ3n) is 8.07. The maximum atomic E-state index is 6.27. The van der Waals surface area contributed by atoms with E-state index in [2.05, 4.69) is 38.1 Å². The highest BCUT2D eigenvalue weighted by Crippen LogP contribution is 2.33. The van der Waals surface area contributed by atoms with Crippen LogP contribution in [0.4, 0.5) is 0 Å². The highest BCUT2D eigenvalue weighted by Gasteiger charge is 2.41. The Kier molecular flexibility index (Phi) is 15.9. The van der Waals surface area contributed by atoms with Gasteiger partial charge in [-0.3, -0.25) is 0 Å². The van der Waals surface area contributed by atoms with Crippen LogP contribution >= 0.6 is 0 Å². The first kappa shape index (κ1) is 41.1. The lowest BCUT2D eigenvalue weighted by molar-refractivity contribution is 0.110. The third-order valence-corrected chi connectivity index (χ3v) is 35.1. The summed E-state index contributed by atoms with van der Waals surface area (Å²) >= 11 is 0. The first-order chi connectivity index (χ1) is 23.1. The Hall–Kier alpha value is -0.625. The van der Waals surface area contributed by atoms with Crippen molar-refractivity contribution in [2.75, 3.05) is 38.9 Å². The van der Waals surface area contributed by atoms with Crippen LogP contribution in [0, 0.1) is 0 Å². The number of benzene rings is 2. The fourth-order valence-electron chi connectivity index (χ4n) is 5.91. The largest absolute Gasteiger partial charge is 0.491 e. The van der Waals surface area contributed by atoms with Gasteiger partial charge in [0, 0.05) is 5.41 Å². The molecule has 2 aliphatic heterocycles. The normalized spacial score (nSPS) is 31.6. The van der Waals surface area contributed by atoms with Crippen LogP contribution in [0.3, 0.4) is 0 Å². The zero-order chi connectivity index (χ0) is 35.7. The van der Waals surface area contributed by atoms with Gasteiger partial charge in [-0.15, -0.1) is 0 Å². The Bertz CT molecular complexity index is 1160. The topological polar surface area (TPSA) is 111 Å². The quantitative estimate of drug-likeness (QED) is 0.206. The minimum atomic E-state index is -2.50. The van der Waals surface area contributed by atoms with Gasteiger partial charge < -0.3 is 51.9 Å². The van der Waals surface area contributed by atoms with E-state index in [-0.39, 0.29) is 5.41 Å². The molecule has 276 valence electrons. The lowest BCUT2D eigenvalue weighted by Crippen LogP contribution is -2.56. The van der Waals surface area contributed by atoms with Gasteiger partial charge in [-0.05, 0) is 87.8 Å². The van der Waals surface area contributed by atoms with E-state index >= 15 is 0 Å². The van der Waals surface area contributed by atoms with Crippen molar-refractivity contribution in [2.24, 2.45) is 0 Å². The molecule has 2 aromatic carbocycles. The Balaban J connectivity index is 1.17. The van der Waals surface area contributed by atoms with Crippen LogP contribution in [-0.2, 0) is 47.8 Å². The molecule has 4 unspecified atom stereocenters. The highest BCUT2D eigenvalue weighted by molar-refractivity contribution is 6.81. The molecule has 0 N–H and O–H groups in total. The lowest BCUT2D eigenvalue weighted by Gasteiger charge is -2.36. The average Bonchev–Trinajstić information content (AvgIpc) is 2.99. The molecule has 4 atom stereocenters. The van der Waals surface area contributed by atoms with Gasteiger partial charge in [-0.25, -0.2) is 0 Å². The summed E-state index contributed by atoms with van der Waals surface area (Å²) in [5.74, 6) is 1.60. The monoisotopic (exact) mass is 820 g/mol. The number of hydrogen-bond donors (Lipinski definition) is 0. The van der Waals surface area contributed by atoms with E-state index in [9.17, 15) is 0 Å². The summed E-state index contributed by atoms with van der Waals surface area (Å²) in [6.07, 6.45) is 0.857. The van der Waals surface area contributed by atoms with Crippen LogP contribution in [0.2, 0.25) is 52.4 Å². The van der Waals surface area contributed by atoms with E-state index in [1.165, 1.54) is 11.1 Å². The van der Waals surface area contributed by atoms with E-state index in [0.29, 0.717) is 38.9 Å². The van der Waals surface area contributed by atoms with Crippen LogP contribution in [0.25, 0.3) is 0 Å². The molecule has 2 saturated heterocycles. The Morgan fingerprint density at radius 2 is 0.796 bits per heavy atom. The van der Waals surface area contributed by atoms with Crippen LogP contribution < -0.4 is 9.47 Å². The first-order valence-electron chi connectivity index (χ1n) is 17.1. The van der Waals surface area contributed by atoms with Gasteiger partial charge >= 0.3 is 17.1 Å². The molecule has 0 spiro atoms. The van der Waals surface area contributed by atoms with Gasteiger partial charge in [0.2, 0.25) is 0 Å². The fraction of sp³-hybridized carbons (Fsp3) is 0.586. The Labute approximate surface area is 305 Å². The van der Waals surface area contributed by atoms with E-state index in [4.69, 9.17) is 51.9 Å². The summed E-state index contributed by atoms with van der Waals surface area (Å²) in [4.78, 5) is 0. The average molecular weight is 821 g/mol. The zero-order valence-corrected chi connectivity index (χ0v) is 39.7. The molecule has 0 bridgehead atoms. The van der Waals surface area contributed by atoms with Gasteiger partial charge in [-0.2, -0.15) is 0 Å². The molecule has 2 heterocycles. The summed E-state index contributed by atoms with van der Waals surface area (Å²) in [6, 6.07) is 16.5. The van der Waals surface area contributed by atoms with E-state index in [1.807, 2.05) is 76.6 Å². The molecule has 2 fully saturated rings. The standard InChI is InChI=1S/C29H56O12Si8/c1-29(2,25-11-15-27(16-12-25)32-21-19-30-23-48(9)38-44(5)34-42(3)35-45(6)39-48)26-13-17-28(18-14-26)33-22-20-31-24-49(10)40-46(7)36-43(4)37-47(8)41-49/h11-18,42-47H,19-24H2,1-10H3. The third kappa shape index (κ3) is 13.4. The second kappa shape index (κ2) is 18.9. The predicted octanol–water partition coefficient (Wildman–Crippen LogP) is 3.29. The van der Waals surface area contributed by atoms with E-state index in [0.717, 1.165) is 11.5 Å². The van der Waals surface area contributed by atoms with Crippen LogP contribution in [0.15, 0.2) is 48.5 Å². The van der Waals surface area contributed by atoms with Crippen LogP contribution in [0.1, 0.15) is 25.0 Å². The molecule has 0 radical (unpaired) electrons. The van der Waals surface area contributed by atoms with Gasteiger partial charge in [0.05, 0.1) is 25.7 Å². The Morgan fingerprint density at radius 3 is 1.10 bits per heavy atom. The molecule has 49 heavy (non-hydrogen) atoms. The number of rotatable bonds is 14. The van der Waals surface area contributed by atoms with Crippen molar-refractivity contribution in [2.45, 2.75) is 71.6 Å². The predicted molar refractivity (Wildman–Crippen MR) is 208 cm³/mol. The van der Waals surface area contributed by atoms with Gasteiger partial charge in [0.1, 0.15) is 24.7 Å². The summed E-state index contributed by atoms with van der Waals surface area (Å²) in [6.45, 7) is 22.4. The molecular weight excluding hydrogens is 765 g/mol. The molecule has 20 heteroatoms. The van der Waals surface area contributed by atoms with Crippen molar-refractivity contribution in [3.8, 4) is 11.5 Å². The minimum Gasteiger partial charge on any atom is -0.491 e. The van der Waals surface area contributed by atoms with Crippen LogP contribution in [-0.4, -0.2) is 112 Å².